The molecule has 0 spiro atoms. The molecular weight excluding hydrogens is 228 g/mol. The number of benzene rings is 1. The summed E-state index contributed by atoms with van der Waals surface area (Å²) in [5.41, 5.74) is 8.51. The Balaban J connectivity index is 2.01. The number of rotatable bonds is 2. The van der Waals surface area contributed by atoms with Crippen LogP contribution in [0, 0.1) is 6.92 Å². The van der Waals surface area contributed by atoms with Gasteiger partial charge in [-0.1, -0.05) is 17.7 Å². The Morgan fingerprint density at radius 2 is 1.89 bits per heavy atom. The fraction of sp³-hybridized carbons (Fsp3) is 0.0769. The number of nitrogens with two attached hydrogens (primary N) is 1. The zero-order chi connectivity index (χ0) is 13.0. The van der Waals surface area contributed by atoms with Crippen LogP contribution in [0.4, 0.5) is 21.9 Å². The van der Waals surface area contributed by atoms with Crippen molar-refractivity contribution >= 4 is 23.1 Å². The molecule has 2 aromatic rings. The summed E-state index contributed by atoms with van der Waals surface area (Å²) in [5.74, 6) is 0. The average molecular weight is 242 g/mol. The SMILES string of the molecule is Cc1ccc(NC(=O)Nc2ccncc2N)cc1. The second-order valence-corrected chi connectivity index (χ2v) is 3.91. The lowest BCUT2D eigenvalue weighted by Gasteiger charge is -2.09. The van der Waals surface area contributed by atoms with Crippen LogP contribution in [-0.4, -0.2) is 11.0 Å². The summed E-state index contributed by atoms with van der Waals surface area (Å²) >= 11 is 0. The minimum Gasteiger partial charge on any atom is -0.396 e. The van der Waals surface area contributed by atoms with Gasteiger partial charge >= 0.3 is 6.03 Å². The summed E-state index contributed by atoms with van der Waals surface area (Å²) in [5, 5.41) is 5.38. The van der Waals surface area contributed by atoms with E-state index in [0.717, 1.165) is 11.3 Å². The van der Waals surface area contributed by atoms with Crippen molar-refractivity contribution in [3.8, 4) is 0 Å². The first kappa shape index (κ1) is 11.9. The number of pyridine rings is 1. The minimum atomic E-state index is -0.336. The zero-order valence-corrected chi connectivity index (χ0v) is 9.97. The molecule has 4 N–H and O–H groups in total. The number of nitrogens with one attached hydrogen (secondary N) is 2. The van der Waals surface area contributed by atoms with Crippen LogP contribution in [0.2, 0.25) is 0 Å². The topological polar surface area (TPSA) is 80.0 Å². The van der Waals surface area contributed by atoms with E-state index in [1.165, 1.54) is 6.20 Å². The van der Waals surface area contributed by atoms with E-state index >= 15 is 0 Å². The maximum absolute atomic E-state index is 11.7. The normalized spacial score (nSPS) is 9.83. The Kier molecular flexibility index (Phi) is 3.43. The fourth-order valence-corrected chi connectivity index (χ4v) is 1.44. The molecule has 1 aromatic heterocycles. The number of urea groups is 1. The third-order valence-electron chi connectivity index (χ3n) is 2.41. The summed E-state index contributed by atoms with van der Waals surface area (Å²) in [4.78, 5) is 15.6. The van der Waals surface area contributed by atoms with Gasteiger partial charge in [-0.2, -0.15) is 0 Å². The first-order valence-corrected chi connectivity index (χ1v) is 5.49. The molecule has 0 fully saturated rings. The molecule has 2 rings (SSSR count). The third kappa shape index (κ3) is 2.98. The van der Waals surface area contributed by atoms with Crippen molar-refractivity contribution in [2.45, 2.75) is 6.92 Å². The highest BCUT2D eigenvalue weighted by Crippen LogP contribution is 2.16. The number of carbonyl (C=O) groups is 1. The van der Waals surface area contributed by atoms with Gasteiger partial charge in [0.05, 0.1) is 17.6 Å². The number of carbonyl (C=O) groups excluding carboxylic acids is 1. The summed E-state index contributed by atoms with van der Waals surface area (Å²) in [6, 6.07) is 8.84. The van der Waals surface area contributed by atoms with Gasteiger partial charge in [-0.15, -0.1) is 0 Å². The molecule has 0 radical (unpaired) electrons. The first-order valence-electron chi connectivity index (χ1n) is 5.49. The minimum absolute atomic E-state index is 0.336. The van der Waals surface area contributed by atoms with Gasteiger partial charge in [-0.3, -0.25) is 4.98 Å². The molecule has 0 aliphatic heterocycles. The van der Waals surface area contributed by atoms with E-state index in [9.17, 15) is 4.79 Å². The van der Waals surface area contributed by atoms with Crippen LogP contribution in [0.5, 0.6) is 0 Å². The third-order valence-corrected chi connectivity index (χ3v) is 2.41. The molecule has 0 aliphatic rings. The number of hydrogen-bond acceptors (Lipinski definition) is 3. The molecule has 0 bridgehead atoms. The quantitative estimate of drug-likeness (QED) is 0.757. The summed E-state index contributed by atoms with van der Waals surface area (Å²) in [7, 11) is 0. The molecule has 0 unspecified atom stereocenters. The molecule has 1 aromatic carbocycles. The van der Waals surface area contributed by atoms with Crippen LogP contribution >= 0.6 is 0 Å². The molecule has 5 nitrogen and oxygen atoms in total. The Morgan fingerprint density at radius 3 is 2.56 bits per heavy atom. The molecule has 5 heteroatoms. The average Bonchev–Trinajstić information content (AvgIpc) is 2.35. The van der Waals surface area contributed by atoms with Crippen LogP contribution in [0.25, 0.3) is 0 Å². The predicted octanol–water partition coefficient (Wildman–Crippen LogP) is 2.62. The van der Waals surface area contributed by atoms with Crippen LogP contribution in [-0.2, 0) is 0 Å². The molecule has 0 aliphatic carbocycles. The van der Waals surface area contributed by atoms with Crippen molar-refractivity contribution in [1.29, 1.82) is 0 Å². The molecule has 0 atom stereocenters. The Labute approximate surface area is 105 Å². The van der Waals surface area contributed by atoms with E-state index in [4.69, 9.17) is 5.73 Å². The number of anilines is 3. The molecule has 2 amide bonds. The van der Waals surface area contributed by atoms with E-state index in [1.807, 2.05) is 31.2 Å². The molecule has 0 saturated heterocycles. The smallest absolute Gasteiger partial charge is 0.323 e. The summed E-state index contributed by atoms with van der Waals surface area (Å²) in [6.45, 7) is 1.99. The highest BCUT2D eigenvalue weighted by Gasteiger charge is 2.04. The van der Waals surface area contributed by atoms with E-state index in [-0.39, 0.29) is 6.03 Å². The van der Waals surface area contributed by atoms with Crippen molar-refractivity contribution in [2.24, 2.45) is 0 Å². The van der Waals surface area contributed by atoms with E-state index < -0.39 is 0 Å². The van der Waals surface area contributed by atoms with Gasteiger partial charge in [0, 0.05) is 11.9 Å². The van der Waals surface area contributed by atoms with Crippen molar-refractivity contribution < 1.29 is 4.79 Å². The fourth-order valence-electron chi connectivity index (χ4n) is 1.44. The van der Waals surface area contributed by atoms with Crippen molar-refractivity contribution in [1.82, 2.24) is 4.98 Å². The van der Waals surface area contributed by atoms with E-state index in [0.29, 0.717) is 11.4 Å². The lowest BCUT2D eigenvalue weighted by Crippen LogP contribution is -2.20. The van der Waals surface area contributed by atoms with Gasteiger partial charge in [0.25, 0.3) is 0 Å². The Bertz CT molecular complexity index is 551. The number of amides is 2. The highest BCUT2D eigenvalue weighted by molar-refractivity contribution is 6.01. The second-order valence-electron chi connectivity index (χ2n) is 3.91. The number of aryl methyl sites for hydroxylation is 1. The molecule has 0 saturated carbocycles. The lowest BCUT2D eigenvalue weighted by molar-refractivity contribution is 0.262. The molecular formula is C13H14N4O. The van der Waals surface area contributed by atoms with Crippen LogP contribution in [0.3, 0.4) is 0 Å². The summed E-state index contributed by atoms with van der Waals surface area (Å²) < 4.78 is 0. The zero-order valence-electron chi connectivity index (χ0n) is 9.97. The summed E-state index contributed by atoms with van der Waals surface area (Å²) in [6.07, 6.45) is 3.05. The Morgan fingerprint density at radius 1 is 1.17 bits per heavy atom. The standard InChI is InChI=1S/C13H14N4O/c1-9-2-4-10(5-3-9)16-13(18)17-12-6-7-15-8-11(12)14/h2-8H,14H2,1H3,(H2,15,16,17,18). The van der Waals surface area contributed by atoms with Crippen molar-refractivity contribution in [2.75, 3.05) is 16.4 Å². The predicted molar refractivity (Wildman–Crippen MR) is 72.5 cm³/mol. The van der Waals surface area contributed by atoms with Gasteiger partial charge < -0.3 is 16.4 Å². The number of nitrogens with zero attached hydrogens (tertiary/aromatic N) is 1. The maximum Gasteiger partial charge on any atom is 0.323 e. The van der Waals surface area contributed by atoms with Crippen molar-refractivity contribution in [3.63, 3.8) is 0 Å². The molecule has 92 valence electrons. The molecule has 18 heavy (non-hydrogen) atoms. The highest BCUT2D eigenvalue weighted by atomic mass is 16.2. The van der Waals surface area contributed by atoms with E-state index in [2.05, 4.69) is 15.6 Å². The number of hydrogen-bond donors (Lipinski definition) is 3. The van der Waals surface area contributed by atoms with Crippen LogP contribution in [0.1, 0.15) is 5.56 Å². The lowest BCUT2D eigenvalue weighted by atomic mass is 10.2. The van der Waals surface area contributed by atoms with Gasteiger partial charge in [0.1, 0.15) is 0 Å². The number of aromatic nitrogens is 1. The van der Waals surface area contributed by atoms with Gasteiger partial charge in [0.2, 0.25) is 0 Å². The van der Waals surface area contributed by atoms with Crippen LogP contribution < -0.4 is 16.4 Å². The van der Waals surface area contributed by atoms with E-state index in [1.54, 1.807) is 12.3 Å². The van der Waals surface area contributed by atoms with Gasteiger partial charge in [0.15, 0.2) is 0 Å². The second kappa shape index (κ2) is 5.18. The monoisotopic (exact) mass is 242 g/mol. The maximum atomic E-state index is 11.7. The Hall–Kier alpha value is -2.56. The van der Waals surface area contributed by atoms with Gasteiger partial charge in [-0.25, -0.2) is 4.79 Å². The van der Waals surface area contributed by atoms with Crippen molar-refractivity contribution in [3.05, 3.63) is 48.3 Å². The van der Waals surface area contributed by atoms with Gasteiger partial charge in [-0.05, 0) is 25.1 Å². The van der Waals surface area contributed by atoms with Crippen LogP contribution in [0.15, 0.2) is 42.7 Å². The first-order chi connectivity index (χ1) is 8.65. The molecule has 1 heterocycles. The number of nitrogen functional groups attached to an aromatic ring is 1. The largest absolute Gasteiger partial charge is 0.396 e.